The summed E-state index contributed by atoms with van der Waals surface area (Å²) in [6.45, 7) is 1.49. The van der Waals surface area contributed by atoms with Crippen LogP contribution in [0.3, 0.4) is 0 Å². The molecule has 0 saturated carbocycles. The SMILES string of the molecule is Cc1c(C(=O)OCC(=O)Nc2ccc(Cl)cn2)sc2ccccc12. The van der Waals surface area contributed by atoms with E-state index in [-0.39, 0.29) is 6.61 Å². The summed E-state index contributed by atoms with van der Waals surface area (Å²) in [5, 5.41) is 4.02. The number of carbonyl (C=O) groups is 2. The summed E-state index contributed by atoms with van der Waals surface area (Å²) in [7, 11) is 0. The number of nitrogens with zero attached hydrogens (tertiary/aromatic N) is 1. The first-order valence-corrected chi connectivity index (χ1v) is 8.30. The Labute approximate surface area is 147 Å². The van der Waals surface area contributed by atoms with Gasteiger partial charge in [0.25, 0.3) is 5.91 Å². The molecule has 2 aromatic heterocycles. The molecule has 3 rings (SSSR count). The Morgan fingerprint density at radius 3 is 2.75 bits per heavy atom. The quantitative estimate of drug-likeness (QED) is 0.712. The molecule has 5 nitrogen and oxygen atoms in total. The largest absolute Gasteiger partial charge is 0.451 e. The first-order chi connectivity index (χ1) is 11.5. The minimum absolute atomic E-state index is 0.346. The predicted octanol–water partition coefficient (Wildman–Crippen LogP) is 4.05. The monoisotopic (exact) mass is 360 g/mol. The number of nitrogens with one attached hydrogen (secondary N) is 1. The van der Waals surface area contributed by atoms with Gasteiger partial charge in [-0.1, -0.05) is 29.8 Å². The summed E-state index contributed by atoms with van der Waals surface area (Å²) >= 11 is 7.08. The van der Waals surface area contributed by atoms with Crippen LogP contribution in [-0.2, 0) is 9.53 Å². The average Bonchev–Trinajstić information content (AvgIpc) is 2.92. The molecule has 0 aliphatic rings. The van der Waals surface area contributed by atoms with Crippen LogP contribution < -0.4 is 5.32 Å². The number of rotatable bonds is 4. The zero-order chi connectivity index (χ0) is 17.1. The lowest BCUT2D eigenvalue weighted by Gasteiger charge is -2.05. The Morgan fingerprint density at radius 2 is 2.04 bits per heavy atom. The van der Waals surface area contributed by atoms with Gasteiger partial charge in [0.05, 0.1) is 5.02 Å². The summed E-state index contributed by atoms with van der Waals surface area (Å²) in [5.74, 6) is -0.622. The van der Waals surface area contributed by atoms with Gasteiger partial charge in [0.2, 0.25) is 0 Å². The van der Waals surface area contributed by atoms with Crippen molar-refractivity contribution in [1.29, 1.82) is 0 Å². The Morgan fingerprint density at radius 1 is 1.25 bits per heavy atom. The second kappa shape index (κ2) is 6.98. The maximum atomic E-state index is 12.2. The highest BCUT2D eigenvalue weighted by atomic mass is 35.5. The Bertz CT molecular complexity index is 906. The number of fused-ring (bicyclic) bond motifs is 1. The van der Waals surface area contributed by atoms with Crippen molar-refractivity contribution < 1.29 is 14.3 Å². The summed E-state index contributed by atoms with van der Waals surface area (Å²) in [5.41, 5.74) is 0.861. The molecule has 2 heterocycles. The van der Waals surface area contributed by atoms with Gasteiger partial charge in [-0.25, -0.2) is 9.78 Å². The van der Waals surface area contributed by atoms with E-state index < -0.39 is 11.9 Å². The number of anilines is 1. The number of thiophene rings is 1. The molecule has 3 aromatic rings. The molecule has 1 amide bonds. The van der Waals surface area contributed by atoms with Crippen molar-refractivity contribution in [2.45, 2.75) is 6.92 Å². The molecule has 0 aliphatic heterocycles. The molecule has 7 heteroatoms. The molecule has 1 aromatic carbocycles. The number of amides is 1. The summed E-state index contributed by atoms with van der Waals surface area (Å²) in [6, 6.07) is 10.9. The summed E-state index contributed by atoms with van der Waals surface area (Å²) in [4.78, 5) is 28.5. The number of benzene rings is 1. The number of aromatic nitrogens is 1. The van der Waals surface area contributed by atoms with Crippen LogP contribution in [-0.4, -0.2) is 23.5 Å². The number of pyridine rings is 1. The number of hydrogen-bond acceptors (Lipinski definition) is 5. The van der Waals surface area contributed by atoms with E-state index in [1.54, 1.807) is 12.1 Å². The van der Waals surface area contributed by atoms with E-state index in [1.165, 1.54) is 17.5 Å². The van der Waals surface area contributed by atoms with Crippen LogP contribution in [0.2, 0.25) is 5.02 Å². The van der Waals surface area contributed by atoms with Crippen molar-refractivity contribution in [3.63, 3.8) is 0 Å². The van der Waals surface area contributed by atoms with Gasteiger partial charge in [-0.3, -0.25) is 4.79 Å². The van der Waals surface area contributed by atoms with Crippen molar-refractivity contribution >= 4 is 50.7 Å². The standard InChI is InChI=1S/C17H13ClN2O3S/c1-10-12-4-2-3-5-13(12)24-16(10)17(22)23-9-15(21)20-14-7-6-11(18)8-19-14/h2-8H,9H2,1H3,(H,19,20,21). The average molecular weight is 361 g/mol. The van der Waals surface area contributed by atoms with E-state index in [4.69, 9.17) is 16.3 Å². The molecule has 0 radical (unpaired) electrons. The van der Waals surface area contributed by atoms with Crippen LogP contribution in [0, 0.1) is 6.92 Å². The van der Waals surface area contributed by atoms with Gasteiger partial charge in [-0.2, -0.15) is 0 Å². The van der Waals surface area contributed by atoms with Crippen LogP contribution in [0.5, 0.6) is 0 Å². The highest BCUT2D eigenvalue weighted by Gasteiger charge is 2.17. The zero-order valence-electron chi connectivity index (χ0n) is 12.7. The van der Waals surface area contributed by atoms with E-state index in [0.717, 1.165) is 15.6 Å². The number of hydrogen-bond donors (Lipinski definition) is 1. The first kappa shape index (κ1) is 16.4. The first-order valence-electron chi connectivity index (χ1n) is 7.11. The lowest BCUT2D eigenvalue weighted by molar-refractivity contribution is -0.119. The molecule has 1 N–H and O–H groups in total. The fourth-order valence-electron chi connectivity index (χ4n) is 2.19. The van der Waals surface area contributed by atoms with Gasteiger partial charge in [0.15, 0.2) is 6.61 Å². The van der Waals surface area contributed by atoms with E-state index in [0.29, 0.717) is 15.7 Å². The van der Waals surface area contributed by atoms with E-state index >= 15 is 0 Å². The Kier molecular flexibility index (Phi) is 4.78. The smallest absolute Gasteiger partial charge is 0.349 e. The maximum Gasteiger partial charge on any atom is 0.349 e. The van der Waals surface area contributed by atoms with E-state index in [2.05, 4.69) is 10.3 Å². The minimum Gasteiger partial charge on any atom is -0.451 e. The van der Waals surface area contributed by atoms with Crippen molar-refractivity contribution in [3.8, 4) is 0 Å². The highest BCUT2D eigenvalue weighted by Crippen LogP contribution is 2.30. The number of ether oxygens (including phenoxy) is 1. The maximum absolute atomic E-state index is 12.2. The molecule has 0 bridgehead atoms. The molecule has 0 fully saturated rings. The number of esters is 1. The minimum atomic E-state index is -0.507. The Hall–Kier alpha value is -2.44. The third kappa shape index (κ3) is 3.55. The normalized spacial score (nSPS) is 10.6. The fraction of sp³-hybridized carbons (Fsp3) is 0.118. The van der Waals surface area contributed by atoms with Gasteiger partial charge in [0, 0.05) is 10.9 Å². The molecule has 24 heavy (non-hydrogen) atoms. The van der Waals surface area contributed by atoms with Crippen LogP contribution in [0.4, 0.5) is 5.82 Å². The molecular weight excluding hydrogens is 348 g/mol. The molecule has 0 aliphatic carbocycles. The second-order valence-electron chi connectivity index (χ2n) is 5.04. The van der Waals surface area contributed by atoms with E-state index in [1.807, 2.05) is 31.2 Å². The molecular formula is C17H13ClN2O3S. The fourth-order valence-corrected chi connectivity index (χ4v) is 3.41. The summed E-state index contributed by atoms with van der Waals surface area (Å²) in [6.07, 6.45) is 1.42. The molecule has 0 atom stereocenters. The lowest BCUT2D eigenvalue weighted by atomic mass is 10.1. The van der Waals surface area contributed by atoms with Crippen molar-refractivity contribution in [2.75, 3.05) is 11.9 Å². The number of halogens is 1. The van der Waals surface area contributed by atoms with Gasteiger partial charge in [-0.05, 0) is 36.1 Å². The lowest BCUT2D eigenvalue weighted by Crippen LogP contribution is -2.21. The van der Waals surface area contributed by atoms with Crippen molar-refractivity contribution in [3.05, 3.63) is 58.1 Å². The second-order valence-corrected chi connectivity index (χ2v) is 6.53. The van der Waals surface area contributed by atoms with Gasteiger partial charge >= 0.3 is 5.97 Å². The predicted molar refractivity (Wildman–Crippen MR) is 94.7 cm³/mol. The third-order valence-electron chi connectivity index (χ3n) is 3.36. The molecule has 0 spiro atoms. The highest BCUT2D eigenvalue weighted by molar-refractivity contribution is 7.21. The zero-order valence-corrected chi connectivity index (χ0v) is 14.3. The number of aryl methyl sites for hydroxylation is 1. The molecule has 122 valence electrons. The molecule has 0 saturated heterocycles. The van der Waals surface area contributed by atoms with Gasteiger partial charge in [-0.15, -0.1) is 11.3 Å². The number of carbonyl (C=O) groups excluding carboxylic acids is 2. The van der Waals surface area contributed by atoms with Crippen molar-refractivity contribution in [1.82, 2.24) is 4.98 Å². The summed E-state index contributed by atoms with van der Waals surface area (Å²) < 4.78 is 6.11. The topological polar surface area (TPSA) is 68.3 Å². The van der Waals surface area contributed by atoms with Crippen molar-refractivity contribution in [2.24, 2.45) is 0 Å². The van der Waals surface area contributed by atoms with Gasteiger partial charge in [0.1, 0.15) is 10.7 Å². The molecule has 0 unspecified atom stereocenters. The van der Waals surface area contributed by atoms with E-state index in [9.17, 15) is 9.59 Å². The Balaban J connectivity index is 1.63. The third-order valence-corrected chi connectivity index (χ3v) is 4.83. The van der Waals surface area contributed by atoms with Crippen LogP contribution >= 0.6 is 22.9 Å². The van der Waals surface area contributed by atoms with Gasteiger partial charge < -0.3 is 10.1 Å². The van der Waals surface area contributed by atoms with Crippen LogP contribution in [0.15, 0.2) is 42.6 Å². The van der Waals surface area contributed by atoms with Crippen LogP contribution in [0.25, 0.3) is 10.1 Å². The van der Waals surface area contributed by atoms with Crippen LogP contribution in [0.1, 0.15) is 15.2 Å².